The van der Waals surface area contributed by atoms with E-state index in [1.165, 1.54) is 11.8 Å². The van der Waals surface area contributed by atoms with Gasteiger partial charge in [0.2, 0.25) is 5.91 Å². The van der Waals surface area contributed by atoms with E-state index in [-0.39, 0.29) is 17.7 Å². The maximum Gasteiger partial charge on any atom is 0.321 e. The Labute approximate surface area is 190 Å². The van der Waals surface area contributed by atoms with E-state index in [1.807, 2.05) is 62.4 Å². The van der Waals surface area contributed by atoms with Crippen LogP contribution in [0.25, 0.3) is 5.82 Å². The van der Waals surface area contributed by atoms with Crippen molar-refractivity contribution in [1.82, 2.24) is 29.8 Å². The summed E-state index contributed by atoms with van der Waals surface area (Å²) in [6, 6.07) is 14.9. The zero-order valence-electron chi connectivity index (χ0n) is 18.1. The number of aromatic nitrogens is 4. The number of rotatable bonds is 5. The molecule has 32 heavy (non-hydrogen) atoms. The highest BCUT2D eigenvalue weighted by Crippen LogP contribution is 2.17. The van der Waals surface area contributed by atoms with Crippen molar-refractivity contribution in [3.05, 3.63) is 59.9 Å². The quantitative estimate of drug-likeness (QED) is 0.599. The van der Waals surface area contributed by atoms with Crippen molar-refractivity contribution in [3.8, 4) is 5.82 Å². The van der Waals surface area contributed by atoms with Crippen LogP contribution >= 0.6 is 11.8 Å². The second-order valence-electron chi connectivity index (χ2n) is 7.52. The zero-order chi connectivity index (χ0) is 22.5. The lowest BCUT2D eigenvalue weighted by Crippen LogP contribution is -2.52. The topological polar surface area (TPSA) is 96.2 Å². The molecular formula is C22H25N7O2S. The number of anilines is 1. The van der Waals surface area contributed by atoms with Gasteiger partial charge in [-0.15, -0.1) is 10.2 Å². The van der Waals surface area contributed by atoms with Crippen LogP contribution in [0, 0.1) is 13.8 Å². The number of amides is 3. The molecule has 2 aromatic heterocycles. The molecule has 1 N–H and O–H groups in total. The third-order valence-corrected chi connectivity index (χ3v) is 6.05. The number of nitrogens with zero attached hydrogens (tertiary/aromatic N) is 6. The Kier molecular flexibility index (Phi) is 6.69. The first-order valence-corrected chi connectivity index (χ1v) is 11.4. The maximum absolute atomic E-state index is 12.6. The van der Waals surface area contributed by atoms with Crippen LogP contribution in [0.1, 0.15) is 11.4 Å². The number of thioether (sulfide) groups is 1. The van der Waals surface area contributed by atoms with Crippen LogP contribution in [0.2, 0.25) is 0 Å². The van der Waals surface area contributed by atoms with Crippen molar-refractivity contribution in [2.45, 2.75) is 18.9 Å². The minimum Gasteiger partial charge on any atom is -0.338 e. The van der Waals surface area contributed by atoms with Gasteiger partial charge in [-0.05, 0) is 44.2 Å². The second kappa shape index (κ2) is 9.82. The van der Waals surface area contributed by atoms with E-state index in [9.17, 15) is 9.59 Å². The summed E-state index contributed by atoms with van der Waals surface area (Å²) in [4.78, 5) is 28.5. The summed E-state index contributed by atoms with van der Waals surface area (Å²) in [6.45, 7) is 5.95. The Bertz CT molecular complexity index is 1080. The van der Waals surface area contributed by atoms with E-state index in [1.54, 1.807) is 14.5 Å². The number of hydrogen-bond donors (Lipinski definition) is 1. The Balaban J connectivity index is 1.24. The fourth-order valence-electron chi connectivity index (χ4n) is 3.47. The van der Waals surface area contributed by atoms with Gasteiger partial charge in [-0.2, -0.15) is 5.10 Å². The molecule has 3 aromatic rings. The van der Waals surface area contributed by atoms with Gasteiger partial charge in [0.25, 0.3) is 0 Å². The Morgan fingerprint density at radius 3 is 2.31 bits per heavy atom. The number of urea groups is 1. The van der Waals surface area contributed by atoms with Gasteiger partial charge in [0.05, 0.1) is 11.4 Å². The molecule has 0 radical (unpaired) electrons. The molecule has 0 bridgehead atoms. The van der Waals surface area contributed by atoms with Crippen LogP contribution in [0.3, 0.4) is 0 Å². The maximum atomic E-state index is 12.6. The van der Waals surface area contributed by atoms with E-state index in [2.05, 4.69) is 20.6 Å². The minimum absolute atomic E-state index is 0.0301. The Morgan fingerprint density at radius 2 is 1.69 bits per heavy atom. The molecule has 9 nitrogen and oxygen atoms in total. The van der Waals surface area contributed by atoms with E-state index >= 15 is 0 Å². The third kappa shape index (κ3) is 5.25. The van der Waals surface area contributed by atoms with E-state index in [0.29, 0.717) is 37.0 Å². The first kappa shape index (κ1) is 21.8. The molecule has 1 aliphatic rings. The molecule has 1 aromatic carbocycles. The van der Waals surface area contributed by atoms with Gasteiger partial charge in [-0.1, -0.05) is 30.0 Å². The molecule has 1 aliphatic heterocycles. The first-order valence-electron chi connectivity index (χ1n) is 10.4. The van der Waals surface area contributed by atoms with Crippen molar-refractivity contribution >= 4 is 29.4 Å². The molecule has 4 rings (SSSR count). The smallest absolute Gasteiger partial charge is 0.321 e. The zero-order valence-corrected chi connectivity index (χ0v) is 18.9. The van der Waals surface area contributed by atoms with Gasteiger partial charge in [0, 0.05) is 37.6 Å². The molecule has 0 atom stereocenters. The predicted octanol–water partition coefficient (Wildman–Crippen LogP) is 2.75. The summed E-state index contributed by atoms with van der Waals surface area (Å²) in [6.07, 6.45) is 0. The lowest BCUT2D eigenvalue weighted by molar-refractivity contribution is -0.129. The monoisotopic (exact) mass is 451 g/mol. The van der Waals surface area contributed by atoms with Crippen molar-refractivity contribution in [2.24, 2.45) is 0 Å². The van der Waals surface area contributed by atoms with Gasteiger partial charge in [-0.25, -0.2) is 9.48 Å². The van der Waals surface area contributed by atoms with Crippen molar-refractivity contribution in [3.63, 3.8) is 0 Å². The predicted molar refractivity (Wildman–Crippen MR) is 123 cm³/mol. The summed E-state index contributed by atoms with van der Waals surface area (Å²) in [5.74, 6) is 0.961. The van der Waals surface area contributed by atoms with Gasteiger partial charge >= 0.3 is 6.03 Å². The molecule has 3 heterocycles. The number of benzene rings is 1. The minimum atomic E-state index is -0.143. The van der Waals surface area contributed by atoms with Crippen LogP contribution in [-0.2, 0) is 4.79 Å². The average molecular weight is 452 g/mol. The van der Waals surface area contributed by atoms with E-state index in [4.69, 9.17) is 0 Å². The van der Waals surface area contributed by atoms with E-state index in [0.717, 1.165) is 17.1 Å². The highest BCUT2D eigenvalue weighted by Gasteiger charge is 2.24. The standard InChI is InChI=1S/C22H25N7O2S/c1-16-14-17(2)29(26-16)19-8-9-20(25-24-19)32-15-21(30)27-10-12-28(13-11-27)22(31)23-18-6-4-3-5-7-18/h3-9,14H,10-13,15H2,1-2H3,(H,23,31). The summed E-state index contributed by atoms with van der Waals surface area (Å²) < 4.78 is 1.75. The van der Waals surface area contributed by atoms with Crippen LogP contribution in [0.5, 0.6) is 0 Å². The molecule has 3 amide bonds. The Morgan fingerprint density at radius 1 is 0.969 bits per heavy atom. The molecular weight excluding hydrogens is 426 g/mol. The molecule has 1 saturated heterocycles. The molecule has 0 aliphatic carbocycles. The van der Waals surface area contributed by atoms with Crippen LogP contribution in [0.15, 0.2) is 53.6 Å². The first-order chi connectivity index (χ1) is 15.5. The summed E-state index contributed by atoms with van der Waals surface area (Å²) in [5, 5.41) is 16.4. The number of carbonyl (C=O) groups excluding carboxylic acids is 2. The fraction of sp³-hybridized carbons (Fsp3) is 0.318. The number of carbonyl (C=O) groups is 2. The van der Waals surface area contributed by atoms with Crippen molar-refractivity contribution in [2.75, 3.05) is 37.2 Å². The van der Waals surface area contributed by atoms with Crippen molar-refractivity contribution in [1.29, 1.82) is 0 Å². The largest absolute Gasteiger partial charge is 0.338 e. The molecule has 10 heteroatoms. The number of para-hydroxylation sites is 1. The van der Waals surface area contributed by atoms with Crippen molar-refractivity contribution < 1.29 is 9.59 Å². The molecule has 0 spiro atoms. The van der Waals surface area contributed by atoms with Gasteiger partial charge in [0.15, 0.2) is 5.82 Å². The number of aryl methyl sites for hydroxylation is 2. The average Bonchev–Trinajstić information content (AvgIpc) is 3.16. The third-order valence-electron chi connectivity index (χ3n) is 5.14. The number of piperazine rings is 1. The summed E-state index contributed by atoms with van der Waals surface area (Å²) >= 11 is 1.36. The Hall–Kier alpha value is -3.40. The van der Waals surface area contributed by atoms with Crippen LogP contribution in [-0.4, -0.2) is 73.6 Å². The van der Waals surface area contributed by atoms with Crippen LogP contribution < -0.4 is 5.32 Å². The molecule has 166 valence electrons. The fourth-order valence-corrected chi connectivity index (χ4v) is 4.19. The highest BCUT2D eigenvalue weighted by molar-refractivity contribution is 7.99. The molecule has 0 saturated carbocycles. The number of nitrogens with one attached hydrogen (secondary N) is 1. The SMILES string of the molecule is Cc1cc(C)n(-c2ccc(SCC(=O)N3CCN(C(=O)Nc4ccccc4)CC3)nn2)n1. The van der Waals surface area contributed by atoms with E-state index < -0.39 is 0 Å². The summed E-state index contributed by atoms with van der Waals surface area (Å²) in [5.41, 5.74) is 2.67. The lowest BCUT2D eigenvalue weighted by atomic mass is 10.3. The lowest BCUT2D eigenvalue weighted by Gasteiger charge is -2.34. The van der Waals surface area contributed by atoms with Crippen LogP contribution in [0.4, 0.5) is 10.5 Å². The second-order valence-corrected chi connectivity index (χ2v) is 8.52. The molecule has 0 unspecified atom stereocenters. The van der Waals surface area contributed by atoms with Gasteiger partial charge in [0.1, 0.15) is 5.03 Å². The highest BCUT2D eigenvalue weighted by atomic mass is 32.2. The van der Waals surface area contributed by atoms with Gasteiger partial charge in [-0.3, -0.25) is 4.79 Å². The number of hydrogen-bond acceptors (Lipinski definition) is 6. The molecule has 1 fully saturated rings. The normalized spacial score (nSPS) is 13.8. The van der Waals surface area contributed by atoms with Gasteiger partial charge < -0.3 is 15.1 Å². The summed E-state index contributed by atoms with van der Waals surface area (Å²) in [7, 11) is 0.